The van der Waals surface area contributed by atoms with Crippen molar-refractivity contribution in [1.82, 2.24) is 5.32 Å². The largest absolute Gasteiger partial charge is 0.496 e. The van der Waals surface area contributed by atoms with E-state index in [1.807, 2.05) is 13.0 Å². The van der Waals surface area contributed by atoms with E-state index >= 15 is 0 Å². The number of hydrogen-bond donors (Lipinski definition) is 1. The third-order valence-corrected chi connectivity index (χ3v) is 2.75. The maximum atomic E-state index is 12.0. The fourth-order valence-corrected chi connectivity index (χ4v) is 1.76. The molecule has 0 aliphatic rings. The van der Waals surface area contributed by atoms with Crippen molar-refractivity contribution >= 4 is 11.9 Å². The number of rotatable bonds is 7. The summed E-state index contributed by atoms with van der Waals surface area (Å²) in [4.78, 5) is 23.2. The highest BCUT2D eigenvalue weighted by Crippen LogP contribution is 2.19. The van der Waals surface area contributed by atoms with Gasteiger partial charge in [-0.25, -0.2) is 0 Å². The van der Waals surface area contributed by atoms with Crippen LogP contribution < -0.4 is 10.1 Å². The van der Waals surface area contributed by atoms with Crippen LogP contribution in [0, 0.1) is 6.92 Å². The van der Waals surface area contributed by atoms with Crippen LogP contribution in [0.1, 0.15) is 35.7 Å². The number of aryl methyl sites for hydroxylation is 1. The summed E-state index contributed by atoms with van der Waals surface area (Å²) in [6, 6.07) is 5.43. The van der Waals surface area contributed by atoms with Gasteiger partial charge >= 0.3 is 5.97 Å². The van der Waals surface area contributed by atoms with Gasteiger partial charge < -0.3 is 14.8 Å². The van der Waals surface area contributed by atoms with Crippen LogP contribution >= 0.6 is 0 Å². The van der Waals surface area contributed by atoms with Gasteiger partial charge in [-0.15, -0.1) is 0 Å². The first-order valence-electron chi connectivity index (χ1n) is 6.67. The maximum Gasteiger partial charge on any atom is 0.305 e. The van der Waals surface area contributed by atoms with Gasteiger partial charge in [0.2, 0.25) is 0 Å². The molecule has 5 nitrogen and oxygen atoms in total. The molecule has 0 heterocycles. The zero-order chi connectivity index (χ0) is 15.0. The number of carbonyl (C=O) groups excluding carboxylic acids is 2. The summed E-state index contributed by atoms with van der Waals surface area (Å²) in [5.41, 5.74) is 1.49. The monoisotopic (exact) mass is 279 g/mol. The summed E-state index contributed by atoms with van der Waals surface area (Å²) in [6.45, 7) is 4.49. The Labute approximate surface area is 119 Å². The van der Waals surface area contributed by atoms with Crippen molar-refractivity contribution in [3.05, 3.63) is 29.3 Å². The smallest absolute Gasteiger partial charge is 0.305 e. The molecule has 1 aromatic rings. The highest BCUT2D eigenvalue weighted by atomic mass is 16.5. The van der Waals surface area contributed by atoms with E-state index in [-0.39, 0.29) is 11.9 Å². The minimum atomic E-state index is -0.241. The molecule has 1 aromatic carbocycles. The lowest BCUT2D eigenvalue weighted by Crippen LogP contribution is -2.25. The molecule has 0 atom stereocenters. The molecule has 1 amide bonds. The molecule has 0 aliphatic heterocycles. The van der Waals surface area contributed by atoms with Crippen LogP contribution in [0.2, 0.25) is 0 Å². The first kappa shape index (κ1) is 16.0. The molecule has 0 fully saturated rings. The van der Waals surface area contributed by atoms with Crippen LogP contribution in [0.5, 0.6) is 5.75 Å². The van der Waals surface area contributed by atoms with E-state index in [1.54, 1.807) is 19.1 Å². The molecule has 1 rings (SSSR count). The van der Waals surface area contributed by atoms with Gasteiger partial charge in [0.1, 0.15) is 5.75 Å². The Morgan fingerprint density at radius 1 is 1.30 bits per heavy atom. The topological polar surface area (TPSA) is 64.6 Å². The van der Waals surface area contributed by atoms with E-state index in [2.05, 4.69) is 5.32 Å². The van der Waals surface area contributed by atoms with Gasteiger partial charge in [-0.3, -0.25) is 9.59 Å². The molecule has 0 saturated carbocycles. The van der Waals surface area contributed by atoms with Crippen LogP contribution in [-0.2, 0) is 9.53 Å². The Morgan fingerprint density at radius 3 is 2.70 bits per heavy atom. The van der Waals surface area contributed by atoms with Crippen LogP contribution in [-0.4, -0.2) is 32.1 Å². The molecular weight excluding hydrogens is 258 g/mol. The zero-order valence-corrected chi connectivity index (χ0v) is 12.2. The van der Waals surface area contributed by atoms with Crippen molar-refractivity contribution in [3.63, 3.8) is 0 Å². The van der Waals surface area contributed by atoms with Gasteiger partial charge in [0.05, 0.1) is 19.3 Å². The average molecular weight is 279 g/mol. The van der Waals surface area contributed by atoms with Gasteiger partial charge in [-0.05, 0) is 32.4 Å². The third-order valence-electron chi connectivity index (χ3n) is 2.75. The number of methoxy groups -OCH3 is 1. The van der Waals surface area contributed by atoms with E-state index in [4.69, 9.17) is 9.47 Å². The first-order chi connectivity index (χ1) is 9.58. The van der Waals surface area contributed by atoms with Crippen molar-refractivity contribution < 1.29 is 19.1 Å². The summed E-state index contributed by atoms with van der Waals surface area (Å²) in [5, 5.41) is 2.77. The predicted molar refractivity (Wildman–Crippen MR) is 75.9 cm³/mol. The summed E-state index contributed by atoms with van der Waals surface area (Å²) >= 11 is 0. The third kappa shape index (κ3) is 4.91. The van der Waals surface area contributed by atoms with Crippen molar-refractivity contribution in [2.75, 3.05) is 20.3 Å². The number of carbonyl (C=O) groups is 2. The van der Waals surface area contributed by atoms with Crippen LogP contribution in [0.3, 0.4) is 0 Å². The van der Waals surface area contributed by atoms with Crippen molar-refractivity contribution in [2.45, 2.75) is 26.7 Å². The summed E-state index contributed by atoms with van der Waals surface area (Å²) in [7, 11) is 1.53. The molecule has 110 valence electrons. The van der Waals surface area contributed by atoms with E-state index in [0.717, 1.165) is 5.56 Å². The van der Waals surface area contributed by atoms with E-state index in [0.29, 0.717) is 37.3 Å². The molecule has 0 unspecified atom stereocenters. The van der Waals surface area contributed by atoms with Crippen LogP contribution in [0.15, 0.2) is 18.2 Å². The first-order valence-corrected chi connectivity index (χ1v) is 6.67. The molecule has 0 saturated heterocycles. The molecule has 5 heteroatoms. The normalized spacial score (nSPS) is 9.95. The Bertz CT molecular complexity index is 471. The number of hydrogen-bond acceptors (Lipinski definition) is 4. The van der Waals surface area contributed by atoms with E-state index in [9.17, 15) is 9.59 Å². The highest BCUT2D eigenvalue weighted by Gasteiger charge is 2.12. The molecular formula is C15H21NO4. The van der Waals surface area contributed by atoms with Gasteiger partial charge in [0.25, 0.3) is 5.91 Å². The number of esters is 1. The molecule has 0 aliphatic carbocycles. The molecule has 0 bridgehead atoms. The predicted octanol–water partition coefficient (Wildman–Crippen LogP) is 2.08. The lowest BCUT2D eigenvalue weighted by atomic mass is 10.1. The number of nitrogens with one attached hydrogen (secondary N) is 1. The second kappa shape index (κ2) is 8.19. The molecule has 0 radical (unpaired) electrons. The Hall–Kier alpha value is -2.04. The fraction of sp³-hybridized carbons (Fsp3) is 0.467. The number of benzene rings is 1. The standard InChI is InChI=1S/C15H21NO4/c1-4-20-14(17)6-5-9-16-15(18)12-10-11(2)7-8-13(12)19-3/h7-8,10H,4-6,9H2,1-3H3,(H,16,18). The number of ether oxygens (including phenoxy) is 2. The summed E-state index contributed by atoms with van der Waals surface area (Å²) in [6.07, 6.45) is 0.859. The fourth-order valence-electron chi connectivity index (χ4n) is 1.76. The van der Waals surface area contributed by atoms with Crippen molar-refractivity contribution in [1.29, 1.82) is 0 Å². The SMILES string of the molecule is CCOC(=O)CCCNC(=O)c1cc(C)ccc1OC. The van der Waals surface area contributed by atoms with E-state index < -0.39 is 0 Å². The Morgan fingerprint density at radius 2 is 2.05 bits per heavy atom. The van der Waals surface area contributed by atoms with Crippen LogP contribution in [0.4, 0.5) is 0 Å². The van der Waals surface area contributed by atoms with Gasteiger partial charge in [-0.2, -0.15) is 0 Å². The van der Waals surface area contributed by atoms with Crippen molar-refractivity contribution in [3.8, 4) is 5.75 Å². The average Bonchev–Trinajstić information content (AvgIpc) is 2.43. The summed E-state index contributed by atoms with van der Waals surface area (Å²) < 4.78 is 9.98. The second-order valence-corrected chi connectivity index (χ2v) is 4.37. The number of amides is 1. The zero-order valence-electron chi connectivity index (χ0n) is 12.2. The van der Waals surface area contributed by atoms with E-state index in [1.165, 1.54) is 7.11 Å². The lowest BCUT2D eigenvalue weighted by molar-refractivity contribution is -0.143. The molecule has 20 heavy (non-hydrogen) atoms. The van der Waals surface area contributed by atoms with Gasteiger partial charge in [0, 0.05) is 13.0 Å². The quantitative estimate of drug-likeness (QED) is 0.613. The maximum absolute atomic E-state index is 12.0. The molecule has 0 aromatic heterocycles. The van der Waals surface area contributed by atoms with Crippen LogP contribution in [0.25, 0.3) is 0 Å². The minimum Gasteiger partial charge on any atom is -0.496 e. The Balaban J connectivity index is 2.47. The molecule has 1 N–H and O–H groups in total. The van der Waals surface area contributed by atoms with Crippen molar-refractivity contribution in [2.24, 2.45) is 0 Å². The lowest BCUT2D eigenvalue weighted by Gasteiger charge is -2.10. The van der Waals surface area contributed by atoms with Gasteiger partial charge in [0.15, 0.2) is 0 Å². The molecule has 0 spiro atoms. The van der Waals surface area contributed by atoms with Gasteiger partial charge in [-0.1, -0.05) is 11.6 Å². The highest BCUT2D eigenvalue weighted by molar-refractivity contribution is 5.97. The summed E-state index contributed by atoms with van der Waals surface area (Å²) in [5.74, 6) is 0.0998. The minimum absolute atomic E-state index is 0.200. The Kier molecular flexibility index (Phi) is 6.56. The second-order valence-electron chi connectivity index (χ2n) is 4.37.